The molecule has 1 aliphatic carbocycles. The lowest BCUT2D eigenvalue weighted by Gasteiger charge is -2.29. The molecule has 0 bridgehead atoms. The highest BCUT2D eigenvalue weighted by atomic mass is 32.2. The number of fused-ring (bicyclic) bond motifs is 1. The number of aryl methyl sites for hydroxylation is 1. The van der Waals surface area contributed by atoms with Gasteiger partial charge in [0, 0.05) is 23.8 Å². The van der Waals surface area contributed by atoms with Crippen molar-refractivity contribution in [1.82, 2.24) is 15.0 Å². The van der Waals surface area contributed by atoms with Gasteiger partial charge in [-0.1, -0.05) is 25.1 Å². The molecule has 3 aromatic rings. The van der Waals surface area contributed by atoms with E-state index in [2.05, 4.69) is 29.7 Å². The van der Waals surface area contributed by atoms with E-state index in [1.165, 1.54) is 4.91 Å². The molecule has 1 saturated carbocycles. The summed E-state index contributed by atoms with van der Waals surface area (Å²) in [5, 5.41) is 28.1. The lowest BCUT2D eigenvalue weighted by molar-refractivity contribution is -0.205. The molecule has 0 amide bonds. The van der Waals surface area contributed by atoms with Gasteiger partial charge >= 0.3 is 0 Å². The first kappa shape index (κ1) is 26.4. The number of thiazole rings is 1. The van der Waals surface area contributed by atoms with E-state index in [-0.39, 0.29) is 24.7 Å². The number of nitrogens with zero attached hydrogens (tertiary/aromatic N) is 3. The predicted octanol–water partition coefficient (Wildman–Crippen LogP) is 5.04. The fourth-order valence-corrected chi connectivity index (χ4v) is 7.14. The molecule has 4 atom stereocenters. The molecule has 10 heteroatoms. The van der Waals surface area contributed by atoms with E-state index in [4.69, 9.17) is 19.7 Å². The van der Waals surface area contributed by atoms with Crippen LogP contribution in [0.1, 0.15) is 39.3 Å². The van der Waals surface area contributed by atoms with E-state index in [1.54, 1.807) is 25.2 Å². The zero-order valence-corrected chi connectivity index (χ0v) is 23.3. The van der Waals surface area contributed by atoms with Gasteiger partial charge in [-0.15, -0.1) is 23.1 Å². The van der Waals surface area contributed by atoms with E-state index < -0.39 is 5.79 Å². The Morgan fingerprint density at radius 3 is 2.68 bits per heavy atom. The number of para-hydroxylation sites is 1. The van der Waals surface area contributed by atoms with Crippen LogP contribution in [0, 0.1) is 18.8 Å². The largest absolute Gasteiger partial charge is 0.396 e. The lowest BCUT2D eigenvalue weighted by atomic mass is 10.1. The van der Waals surface area contributed by atoms with Crippen molar-refractivity contribution >= 4 is 45.1 Å². The van der Waals surface area contributed by atoms with Crippen molar-refractivity contribution in [3.8, 4) is 10.6 Å². The smallest absolute Gasteiger partial charge is 0.225 e. The molecular weight excluding hydrogens is 506 g/mol. The Kier molecular flexibility index (Phi) is 7.74. The SMILES string of the molecule is Cc1nc(NCC2=CC(C)CS2)nc(N[C@@H]2C[C@H](CO)C[C@H]2OC(C)(C)O)c1-c1nc2ccccc2s1. The molecule has 1 aliphatic heterocycles. The van der Waals surface area contributed by atoms with Gasteiger partial charge in [-0.2, -0.15) is 4.98 Å². The zero-order chi connectivity index (χ0) is 26.2. The summed E-state index contributed by atoms with van der Waals surface area (Å²) < 4.78 is 7.10. The number of allylic oxidation sites excluding steroid dienone is 1. The Hall–Kier alpha value is -2.24. The highest BCUT2D eigenvalue weighted by molar-refractivity contribution is 8.03. The monoisotopic (exact) mass is 541 g/mol. The van der Waals surface area contributed by atoms with Crippen LogP contribution < -0.4 is 10.6 Å². The van der Waals surface area contributed by atoms with Crippen LogP contribution in [0.25, 0.3) is 20.8 Å². The van der Waals surface area contributed by atoms with Crippen molar-refractivity contribution in [3.63, 3.8) is 0 Å². The molecule has 2 aromatic heterocycles. The molecule has 198 valence electrons. The van der Waals surface area contributed by atoms with Crippen molar-refractivity contribution in [2.75, 3.05) is 29.5 Å². The van der Waals surface area contributed by atoms with E-state index >= 15 is 0 Å². The number of ether oxygens (including phenoxy) is 1. The van der Waals surface area contributed by atoms with Crippen LogP contribution in [0.5, 0.6) is 0 Å². The highest BCUT2D eigenvalue weighted by Crippen LogP contribution is 2.39. The summed E-state index contributed by atoms with van der Waals surface area (Å²) >= 11 is 3.49. The molecule has 0 saturated heterocycles. The van der Waals surface area contributed by atoms with Crippen LogP contribution in [-0.2, 0) is 4.74 Å². The number of rotatable bonds is 9. The van der Waals surface area contributed by atoms with Crippen LogP contribution in [0.4, 0.5) is 11.8 Å². The van der Waals surface area contributed by atoms with Crippen LogP contribution in [0.15, 0.2) is 35.2 Å². The number of aromatic nitrogens is 3. The van der Waals surface area contributed by atoms with Gasteiger partial charge in [0.15, 0.2) is 5.79 Å². The first-order chi connectivity index (χ1) is 17.7. The summed E-state index contributed by atoms with van der Waals surface area (Å²) in [5.74, 6) is 1.74. The van der Waals surface area contributed by atoms with Crippen molar-refractivity contribution < 1.29 is 14.9 Å². The first-order valence-electron chi connectivity index (χ1n) is 12.8. The maximum atomic E-state index is 10.4. The zero-order valence-electron chi connectivity index (χ0n) is 21.7. The molecule has 37 heavy (non-hydrogen) atoms. The molecule has 2 aliphatic rings. The standard InChI is InChI=1S/C27H35N5O3S2/c1-15-9-18(36-14-15)12-28-26-29-16(2)23(25-31-19-7-5-6-8-22(19)37-25)24(32-26)30-20-10-17(13-33)11-21(20)35-27(3,4)34/h5-9,15,17,20-21,33-34H,10-14H2,1-4H3,(H2,28,29,30,32)/t15?,17-,20+,21+/m0/s1. The second-order valence-corrected chi connectivity index (χ2v) is 12.7. The quantitative estimate of drug-likeness (QED) is 0.277. The maximum Gasteiger partial charge on any atom is 0.225 e. The number of hydrogen-bond donors (Lipinski definition) is 4. The van der Waals surface area contributed by atoms with Gasteiger partial charge in [0.25, 0.3) is 0 Å². The number of aliphatic hydroxyl groups is 2. The lowest BCUT2D eigenvalue weighted by Crippen LogP contribution is -2.38. The highest BCUT2D eigenvalue weighted by Gasteiger charge is 2.38. The maximum absolute atomic E-state index is 10.4. The van der Waals surface area contributed by atoms with Gasteiger partial charge in [-0.05, 0) is 57.6 Å². The number of hydrogen-bond acceptors (Lipinski definition) is 10. The van der Waals surface area contributed by atoms with Gasteiger partial charge in [0.2, 0.25) is 5.95 Å². The molecule has 0 spiro atoms. The molecule has 1 unspecified atom stereocenters. The van der Waals surface area contributed by atoms with Crippen LogP contribution >= 0.6 is 23.1 Å². The van der Waals surface area contributed by atoms with E-state index in [0.29, 0.717) is 37.1 Å². The molecule has 8 nitrogen and oxygen atoms in total. The minimum atomic E-state index is -1.27. The summed E-state index contributed by atoms with van der Waals surface area (Å²) in [6.07, 6.45) is 3.40. The van der Waals surface area contributed by atoms with Crippen LogP contribution in [-0.4, -0.2) is 62.0 Å². The topological polar surface area (TPSA) is 112 Å². The Balaban J connectivity index is 1.49. The fraction of sp³-hybridized carbons (Fsp3) is 0.519. The molecule has 1 aromatic carbocycles. The Morgan fingerprint density at radius 2 is 1.97 bits per heavy atom. The summed E-state index contributed by atoms with van der Waals surface area (Å²) in [7, 11) is 0. The van der Waals surface area contributed by atoms with E-state index in [1.807, 2.05) is 36.9 Å². The van der Waals surface area contributed by atoms with Crippen LogP contribution in [0.2, 0.25) is 0 Å². The average molecular weight is 542 g/mol. The van der Waals surface area contributed by atoms with Crippen molar-refractivity contribution in [1.29, 1.82) is 0 Å². The van der Waals surface area contributed by atoms with Crippen LogP contribution in [0.3, 0.4) is 0 Å². The van der Waals surface area contributed by atoms with Crippen molar-refractivity contribution in [3.05, 3.63) is 40.9 Å². The Morgan fingerprint density at radius 1 is 1.16 bits per heavy atom. The number of thioether (sulfide) groups is 1. The van der Waals surface area contributed by atoms with Gasteiger partial charge in [0.1, 0.15) is 10.8 Å². The number of aliphatic hydroxyl groups excluding tert-OH is 1. The van der Waals surface area contributed by atoms with Gasteiger partial charge < -0.3 is 25.6 Å². The molecule has 1 fully saturated rings. The Labute approximate surface area is 226 Å². The van der Waals surface area contributed by atoms with Gasteiger partial charge in [-0.3, -0.25) is 0 Å². The fourth-order valence-electron chi connectivity index (χ4n) is 5.00. The predicted molar refractivity (Wildman–Crippen MR) is 152 cm³/mol. The number of nitrogens with one attached hydrogen (secondary N) is 2. The third-order valence-electron chi connectivity index (χ3n) is 6.64. The molecule has 5 rings (SSSR count). The third-order valence-corrected chi connectivity index (χ3v) is 9.04. The number of benzene rings is 1. The van der Waals surface area contributed by atoms with Gasteiger partial charge in [0.05, 0.1) is 33.6 Å². The molecule has 4 N–H and O–H groups in total. The molecular formula is C27H35N5O3S2. The minimum absolute atomic E-state index is 0.0788. The minimum Gasteiger partial charge on any atom is -0.396 e. The normalized spacial score (nSPS) is 24.0. The van der Waals surface area contributed by atoms with E-state index in [0.717, 1.165) is 32.2 Å². The summed E-state index contributed by atoms with van der Waals surface area (Å²) in [6, 6.07) is 7.96. The first-order valence-corrected chi connectivity index (χ1v) is 14.6. The summed E-state index contributed by atoms with van der Waals surface area (Å²) in [6.45, 7) is 8.25. The summed E-state index contributed by atoms with van der Waals surface area (Å²) in [4.78, 5) is 15.9. The van der Waals surface area contributed by atoms with Crippen molar-refractivity contribution in [2.45, 2.75) is 58.5 Å². The molecule has 3 heterocycles. The third kappa shape index (κ3) is 6.26. The second-order valence-electron chi connectivity index (χ2n) is 10.5. The molecule has 0 radical (unpaired) electrons. The van der Waals surface area contributed by atoms with Gasteiger partial charge in [-0.25, -0.2) is 9.97 Å². The second kappa shape index (κ2) is 10.9. The Bertz CT molecular complexity index is 1260. The number of anilines is 2. The van der Waals surface area contributed by atoms with E-state index in [9.17, 15) is 10.2 Å². The summed E-state index contributed by atoms with van der Waals surface area (Å²) in [5.41, 5.74) is 2.64. The average Bonchev–Trinajstić information content (AvgIpc) is 3.55. The van der Waals surface area contributed by atoms with Crippen molar-refractivity contribution in [2.24, 2.45) is 11.8 Å².